The number of piperidine rings is 1. The van der Waals surface area contributed by atoms with E-state index in [1.165, 1.54) is 21.9 Å². The van der Waals surface area contributed by atoms with E-state index in [2.05, 4.69) is 19.9 Å². The summed E-state index contributed by atoms with van der Waals surface area (Å²) in [4.78, 5) is 20.5. The van der Waals surface area contributed by atoms with Crippen LogP contribution >= 0.6 is 11.3 Å². The summed E-state index contributed by atoms with van der Waals surface area (Å²) in [5.41, 5.74) is 5.79. The van der Waals surface area contributed by atoms with Gasteiger partial charge in [-0.2, -0.15) is 15.0 Å². The highest BCUT2D eigenvalue weighted by atomic mass is 32.2. The number of anilines is 2. The summed E-state index contributed by atoms with van der Waals surface area (Å²) < 4.78 is 36.6. The first-order valence-corrected chi connectivity index (χ1v) is 12.9. The molecule has 2 saturated heterocycles. The molecule has 13 heteroatoms. The van der Waals surface area contributed by atoms with Crippen LogP contribution in [0.1, 0.15) is 19.8 Å². The average molecular weight is 470 g/mol. The molecular weight excluding hydrogens is 442 g/mol. The molecular formula is C18H27N7O4S2. The third kappa shape index (κ3) is 5.40. The predicted molar refractivity (Wildman–Crippen MR) is 118 cm³/mol. The molecule has 0 spiro atoms. The molecule has 2 aliphatic rings. The van der Waals surface area contributed by atoms with Gasteiger partial charge in [0.05, 0.1) is 30.5 Å². The van der Waals surface area contributed by atoms with Crippen LogP contribution in [-0.2, 0) is 14.8 Å². The van der Waals surface area contributed by atoms with Crippen LogP contribution in [0.15, 0.2) is 6.20 Å². The molecule has 0 aromatic carbocycles. The number of nitrogens with zero attached hydrogens (tertiary/aromatic N) is 6. The SMILES string of the molecule is CC(Oc1nc(-c2cnc(N)s2)nc(N2CCOCC2)n1)C1CCN(S(C)(=O)=O)CC1. The van der Waals surface area contributed by atoms with E-state index in [-0.39, 0.29) is 18.0 Å². The Kier molecular flexibility index (Phi) is 6.55. The van der Waals surface area contributed by atoms with Gasteiger partial charge in [0, 0.05) is 26.2 Å². The Morgan fingerprint density at radius 3 is 2.52 bits per heavy atom. The smallest absolute Gasteiger partial charge is 0.322 e. The van der Waals surface area contributed by atoms with Crippen LogP contribution in [0.4, 0.5) is 11.1 Å². The number of hydrogen-bond donors (Lipinski definition) is 1. The molecule has 4 heterocycles. The number of aromatic nitrogens is 4. The van der Waals surface area contributed by atoms with Crippen LogP contribution in [0.3, 0.4) is 0 Å². The zero-order valence-corrected chi connectivity index (χ0v) is 19.2. The van der Waals surface area contributed by atoms with E-state index in [1.54, 1.807) is 6.20 Å². The first-order chi connectivity index (χ1) is 14.8. The van der Waals surface area contributed by atoms with Crippen LogP contribution in [-0.4, -0.2) is 84.4 Å². The molecule has 11 nitrogen and oxygen atoms in total. The predicted octanol–water partition coefficient (Wildman–Crippen LogP) is 0.853. The number of sulfonamides is 1. The van der Waals surface area contributed by atoms with Gasteiger partial charge in [0.1, 0.15) is 6.10 Å². The lowest BCUT2D eigenvalue weighted by atomic mass is 9.93. The molecule has 170 valence electrons. The van der Waals surface area contributed by atoms with Gasteiger partial charge in [-0.3, -0.25) is 0 Å². The molecule has 1 unspecified atom stereocenters. The van der Waals surface area contributed by atoms with E-state index in [4.69, 9.17) is 15.2 Å². The largest absolute Gasteiger partial charge is 0.460 e. The monoisotopic (exact) mass is 469 g/mol. The van der Waals surface area contributed by atoms with Crippen LogP contribution in [0, 0.1) is 5.92 Å². The summed E-state index contributed by atoms with van der Waals surface area (Å²) in [5, 5.41) is 0.441. The highest BCUT2D eigenvalue weighted by Gasteiger charge is 2.30. The normalized spacial score (nSPS) is 20.0. The zero-order valence-electron chi connectivity index (χ0n) is 17.6. The van der Waals surface area contributed by atoms with Gasteiger partial charge in [-0.25, -0.2) is 17.7 Å². The summed E-state index contributed by atoms with van der Waals surface area (Å²) in [6.45, 7) is 5.57. The fourth-order valence-electron chi connectivity index (χ4n) is 3.74. The molecule has 0 saturated carbocycles. The Balaban J connectivity index is 1.52. The number of hydrogen-bond acceptors (Lipinski definition) is 11. The molecule has 1 atom stereocenters. The van der Waals surface area contributed by atoms with Crippen molar-refractivity contribution in [3.63, 3.8) is 0 Å². The standard InChI is InChI=1S/C18H27N7O4S2/c1-12(13-3-5-25(6-4-13)31(2,26)27)29-18-22-15(14-11-20-16(19)30-14)21-17(23-18)24-7-9-28-10-8-24/h11-13H,3-10H2,1-2H3,(H2,19,20). The van der Waals surface area contributed by atoms with E-state index in [0.29, 0.717) is 56.3 Å². The van der Waals surface area contributed by atoms with Gasteiger partial charge in [-0.15, -0.1) is 0 Å². The van der Waals surface area contributed by atoms with Crippen LogP contribution in [0.2, 0.25) is 0 Å². The van der Waals surface area contributed by atoms with Gasteiger partial charge in [0.25, 0.3) is 0 Å². The Morgan fingerprint density at radius 1 is 1.19 bits per heavy atom. The van der Waals surface area contributed by atoms with Crippen molar-refractivity contribution in [2.75, 3.05) is 56.3 Å². The van der Waals surface area contributed by atoms with E-state index in [1.807, 2.05) is 11.8 Å². The van der Waals surface area contributed by atoms with Gasteiger partial charge in [-0.05, 0) is 25.7 Å². The quantitative estimate of drug-likeness (QED) is 0.648. The molecule has 2 fully saturated rings. The minimum Gasteiger partial charge on any atom is -0.460 e. The minimum absolute atomic E-state index is 0.166. The topological polar surface area (TPSA) is 137 Å². The highest BCUT2D eigenvalue weighted by molar-refractivity contribution is 7.88. The van der Waals surface area contributed by atoms with Crippen molar-refractivity contribution in [2.24, 2.45) is 5.92 Å². The summed E-state index contributed by atoms with van der Waals surface area (Å²) in [6.07, 6.45) is 4.19. The second-order valence-electron chi connectivity index (χ2n) is 7.73. The zero-order chi connectivity index (χ0) is 22.0. The van der Waals surface area contributed by atoms with Crippen molar-refractivity contribution < 1.29 is 17.9 Å². The summed E-state index contributed by atoms with van der Waals surface area (Å²) in [7, 11) is -3.16. The summed E-state index contributed by atoms with van der Waals surface area (Å²) >= 11 is 1.31. The molecule has 0 aliphatic carbocycles. The van der Waals surface area contributed by atoms with E-state index in [9.17, 15) is 8.42 Å². The number of nitrogen functional groups attached to an aromatic ring is 1. The fraction of sp³-hybridized carbons (Fsp3) is 0.667. The average Bonchev–Trinajstić information content (AvgIpc) is 3.20. The maximum atomic E-state index is 11.8. The number of rotatable bonds is 6. The van der Waals surface area contributed by atoms with Crippen molar-refractivity contribution >= 4 is 32.4 Å². The lowest BCUT2D eigenvalue weighted by molar-refractivity contribution is 0.102. The van der Waals surface area contributed by atoms with E-state index >= 15 is 0 Å². The number of thiazole rings is 1. The van der Waals surface area contributed by atoms with Crippen molar-refractivity contribution in [2.45, 2.75) is 25.9 Å². The molecule has 2 N–H and O–H groups in total. The number of ether oxygens (including phenoxy) is 2. The molecule has 0 amide bonds. The second kappa shape index (κ2) is 9.18. The minimum atomic E-state index is -3.16. The Hall–Kier alpha value is -2.09. The first-order valence-electron chi connectivity index (χ1n) is 10.2. The molecule has 0 radical (unpaired) electrons. The van der Waals surface area contributed by atoms with Crippen molar-refractivity contribution in [1.29, 1.82) is 0 Å². The molecule has 2 aromatic heterocycles. The van der Waals surface area contributed by atoms with Crippen molar-refractivity contribution in [1.82, 2.24) is 24.2 Å². The first kappa shape index (κ1) is 22.1. The lowest BCUT2D eigenvalue weighted by Gasteiger charge is -2.33. The Morgan fingerprint density at radius 2 is 1.90 bits per heavy atom. The van der Waals surface area contributed by atoms with E-state index in [0.717, 1.165) is 17.7 Å². The van der Waals surface area contributed by atoms with Gasteiger partial charge in [0.2, 0.25) is 16.0 Å². The fourth-order valence-corrected chi connectivity index (χ4v) is 5.24. The van der Waals surface area contributed by atoms with Crippen molar-refractivity contribution in [3.8, 4) is 16.7 Å². The second-order valence-corrected chi connectivity index (χ2v) is 10.8. The summed E-state index contributed by atoms with van der Waals surface area (Å²) in [5.74, 6) is 1.22. The molecule has 4 rings (SSSR count). The van der Waals surface area contributed by atoms with E-state index < -0.39 is 10.0 Å². The van der Waals surface area contributed by atoms with Gasteiger partial charge < -0.3 is 20.1 Å². The number of nitrogens with two attached hydrogens (primary N) is 1. The summed E-state index contributed by atoms with van der Waals surface area (Å²) in [6, 6.07) is 0.247. The molecule has 2 aliphatic heterocycles. The van der Waals surface area contributed by atoms with Gasteiger partial charge >= 0.3 is 6.01 Å². The van der Waals surface area contributed by atoms with Crippen molar-refractivity contribution in [3.05, 3.63) is 6.20 Å². The van der Waals surface area contributed by atoms with Gasteiger partial charge in [0.15, 0.2) is 11.0 Å². The van der Waals surface area contributed by atoms with Crippen LogP contribution in [0.25, 0.3) is 10.7 Å². The highest BCUT2D eigenvalue weighted by Crippen LogP contribution is 2.29. The maximum absolute atomic E-state index is 11.8. The Bertz CT molecular complexity index is 1000. The van der Waals surface area contributed by atoms with Crippen LogP contribution < -0.4 is 15.4 Å². The Labute approximate surface area is 185 Å². The molecule has 2 aromatic rings. The third-order valence-electron chi connectivity index (χ3n) is 5.56. The maximum Gasteiger partial charge on any atom is 0.322 e. The third-order valence-corrected chi connectivity index (χ3v) is 7.69. The number of morpholine rings is 1. The molecule has 0 bridgehead atoms. The lowest BCUT2D eigenvalue weighted by Crippen LogP contribution is -2.41. The van der Waals surface area contributed by atoms with Gasteiger partial charge in [-0.1, -0.05) is 11.3 Å². The molecule has 31 heavy (non-hydrogen) atoms. The van der Waals surface area contributed by atoms with Crippen LogP contribution in [0.5, 0.6) is 6.01 Å².